The van der Waals surface area contributed by atoms with Gasteiger partial charge in [-0.25, -0.2) is 0 Å². The van der Waals surface area contributed by atoms with Crippen LogP contribution in [0.15, 0.2) is 24.3 Å². The second kappa shape index (κ2) is 4.88. The van der Waals surface area contributed by atoms with Crippen molar-refractivity contribution in [3.63, 3.8) is 0 Å². The topological polar surface area (TPSA) is 86.5 Å². The lowest BCUT2D eigenvalue weighted by molar-refractivity contribution is -0.385. The maximum Gasteiger partial charge on any atom is 0.310 e. The molecule has 0 saturated carbocycles. The fourth-order valence-electron chi connectivity index (χ4n) is 0.981. The van der Waals surface area contributed by atoms with E-state index in [1.165, 1.54) is 24.3 Å². The van der Waals surface area contributed by atoms with E-state index in [2.05, 4.69) is 0 Å². The van der Waals surface area contributed by atoms with Crippen molar-refractivity contribution in [2.75, 3.05) is 12.4 Å². The van der Waals surface area contributed by atoms with E-state index in [0.29, 0.717) is 0 Å². The van der Waals surface area contributed by atoms with Gasteiger partial charge in [-0.05, 0) is 6.07 Å². The van der Waals surface area contributed by atoms with Gasteiger partial charge in [0, 0.05) is 6.07 Å². The summed E-state index contributed by atoms with van der Waals surface area (Å²) in [5.74, 6) is -0.921. The smallest absolute Gasteiger partial charge is 0.310 e. The molecule has 0 amide bonds. The van der Waals surface area contributed by atoms with Crippen LogP contribution >= 0.6 is 0 Å². The van der Waals surface area contributed by atoms with Gasteiger partial charge in [0.2, 0.25) is 0 Å². The fraction of sp³-hybridized carbons (Fsp3) is 0.250. The van der Waals surface area contributed by atoms with Gasteiger partial charge in [0.25, 0.3) is 0 Å². The van der Waals surface area contributed by atoms with E-state index >= 15 is 0 Å². The SMILES string of the molecule is O=[N+]([O-])c1ccccc1OCCS(=O)(=O)F. The molecule has 0 N–H and O–H groups in total. The van der Waals surface area contributed by atoms with Crippen molar-refractivity contribution in [1.29, 1.82) is 0 Å². The van der Waals surface area contributed by atoms with Crippen LogP contribution in [0.5, 0.6) is 5.75 Å². The standard InChI is InChI=1S/C8H8FNO5S/c9-16(13,14)6-5-15-8-4-2-1-3-7(8)10(11)12/h1-4H,5-6H2. The lowest BCUT2D eigenvalue weighted by Gasteiger charge is -2.04. The molecule has 0 heterocycles. The molecular weight excluding hydrogens is 241 g/mol. The Balaban J connectivity index is 2.71. The monoisotopic (exact) mass is 249 g/mol. The largest absolute Gasteiger partial charge is 0.486 e. The van der Waals surface area contributed by atoms with Crippen molar-refractivity contribution in [3.8, 4) is 5.75 Å². The highest BCUT2D eigenvalue weighted by molar-refractivity contribution is 7.86. The van der Waals surface area contributed by atoms with Crippen LogP contribution in [0.4, 0.5) is 9.57 Å². The predicted molar refractivity (Wildman–Crippen MR) is 53.5 cm³/mol. The van der Waals surface area contributed by atoms with Crippen molar-refractivity contribution in [3.05, 3.63) is 34.4 Å². The van der Waals surface area contributed by atoms with Crippen LogP contribution in [-0.2, 0) is 10.2 Å². The molecule has 1 rings (SSSR count). The van der Waals surface area contributed by atoms with Crippen LogP contribution in [0.25, 0.3) is 0 Å². The molecule has 0 aromatic heterocycles. The lowest BCUT2D eigenvalue weighted by atomic mass is 10.3. The Bertz CT molecular complexity index is 487. The number of nitrogens with zero attached hydrogens (tertiary/aromatic N) is 1. The highest BCUT2D eigenvalue weighted by atomic mass is 32.3. The molecule has 88 valence electrons. The summed E-state index contributed by atoms with van der Waals surface area (Å²) < 4.78 is 37.2. The normalized spacial score (nSPS) is 11.1. The Labute approximate surface area is 91.0 Å². The maximum absolute atomic E-state index is 12.1. The van der Waals surface area contributed by atoms with Gasteiger partial charge in [-0.2, -0.15) is 8.42 Å². The summed E-state index contributed by atoms with van der Waals surface area (Å²) in [6.45, 7) is -0.469. The third-order valence-corrected chi connectivity index (χ3v) is 2.30. The van der Waals surface area contributed by atoms with Crippen molar-refractivity contribution >= 4 is 15.9 Å². The predicted octanol–water partition coefficient (Wildman–Crippen LogP) is 1.27. The van der Waals surface area contributed by atoms with Gasteiger partial charge in [0.1, 0.15) is 12.4 Å². The molecule has 0 unspecified atom stereocenters. The number of halogens is 1. The highest BCUT2D eigenvalue weighted by Gasteiger charge is 2.14. The molecule has 0 saturated heterocycles. The Morgan fingerprint density at radius 3 is 2.56 bits per heavy atom. The molecule has 1 aromatic rings. The molecule has 8 heteroatoms. The van der Waals surface area contributed by atoms with Gasteiger partial charge in [-0.3, -0.25) is 10.1 Å². The Morgan fingerprint density at radius 1 is 1.38 bits per heavy atom. The van der Waals surface area contributed by atoms with Crippen molar-refractivity contribution < 1.29 is 22.0 Å². The van der Waals surface area contributed by atoms with E-state index in [0.717, 1.165) is 0 Å². The number of nitro groups is 1. The van der Waals surface area contributed by atoms with E-state index in [-0.39, 0.29) is 11.4 Å². The molecule has 0 aliphatic heterocycles. The number of rotatable bonds is 5. The Hall–Kier alpha value is -1.70. The molecule has 0 bridgehead atoms. The van der Waals surface area contributed by atoms with Crippen LogP contribution < -0.4 is 4.74 Å². The third-order valence-electron chi connectivity index (χ3n) is 1.65. The minimum Gasteiger partial charge on any atom is -0.486 e. The first-order chi connectivity index (χ1) is 7.40. The second-order valence-corrected chi connectivity index (χ2v) is 4.30. The van der Waals surface area contributed by atoms with Crippen LogP contribution in [-0.4, -0.2) is 25.7 Å². The van der Waals surface area contributed by atoms with Gasteiger partial charge in [-0.1, -0.05) is 12.1 Å². The van der Waals surface area contributed by atoms with E-state index in [9.17, 15) is 22.4 Å². The molecular formula is C8H8FNO5S. The molecule has 1 aromatic carbocycles. The summed E-state index contributed by atoms with van der Waals surface area (Å²) in [5.41, 5.74) is -0.293. The molecule has 0 aliphatic carbocycles. The zero-order valence-corrected chi connectivity index (χ0v) is 8.81. The van der Waals surface area contributed by atoms with Gasteiger partial charge < -0.3 is 4.74 Å². The molecule has 16 heavy (non-hydrogen) atoms. The van der Waals surface area contributed by atoms with Gasteiger partial charge >= 0.3 is 15.9 Å². The number of hydrogen-bond donors (Lipinski definition) is 0. The number of hydrogen-bond acceptors (Lipinski definition) is 5. The van der Waals surface area contributed by atoms with Crippen LogP contribution in [0.1, 0.15) is 0 Å². The minimum atomic E-state index is -4.62. The third kappa shape index (κ3) is 3.81. The van der Waals surface area contributed by atoms with Crippen molar-refractivity contribution in [1.82, 2.24) is 0 Å². The van der Waals surface area contributed by atoms with E-state index < -0.39 is 27.5 Å². The van der Waals surface area contributed by atoms with Crippen molar-refractivity contribution in [2.45, 2.75) is 0 Å². The van der Waals surface area contributed by atoms with Crippen molar-refractivity contribution in [2.24, 2.45) is 0 Å². The fourth-order valence-corrected chi connectivity index (χ4v) is 1.26. The molecule has 0 spiro atoms. The molecule has 0 radical (unpaired) electrons. The first-order valence-electron chi connectivity index (χ1n) is 4.19. The van der Waals surface area contributed by atoms with Crippen LogP contribution in [0, 0.1) is 10.1 Å². The number of para-hydroxylation sites is 2. The minimum absolute atomic E-state index is 0.0869. The second-order valence-electron chi connectivity index (χ2n) is 2.82. The van der Waals surface area contributed by atoms with E-state index in [1.54, 1.807) is 0 Å². The zero-order valence-electron chi connectivity index (χ0n) is 8.00. The molecule has 0 aliphatic rings. The summed E-state index contributed by atoms with van der Waals surface area (Å²) in [7, 11) is -4.62. The molecule has 0 fully saturated rings. The summed E-state index contributed by atoms with van der Waals surface area (Å²) in [4.78, 5) is 9.85. The number of nitro benzene ring substituents is 1. The van der Waals surface area contributed by atoms with E-state index in [4.69, 9.17) is 4.74 Å². The lowest BCUT2D eigenvalue weighted by Crippen LogP contribution is -2.10. The summed E-state index contributed by atoms with van der Waals surface area (Å²) in [6, 6.07) is 5.45. The zero-order chi connectivity index (χ0) is 12.2. The quantitative estimate of drug-likeness (QED) is 0.445. The first kappa shape index (κ1) is 12.4. The van der Waals surface area contributed by atoms with E-state index in [1.807, 2.05) is 0 Å². The summed E-state index contributed by atoms with van der Waals surface area (Å²) in [6.07, 6.45) is 0. The summed E-state index contributed by atoms with van der Waals surface area (Å²) >= 11 is 0. The first-order valence-corrected chi connectivity index (χ1v) is 5.74. The number of ether oxygens (including phenoxy) is 1. The van der Waals surface area contributed by atoms with Gasteiger partial charge in [-0.15, -0.1) is 3.89 Å². The van der Waals surface area contributed by atoms with Crippen LogP contribution in [0.2, 0.25) is 0 Å². The average Bonchev–Trinajstić information content (AvgIpc) is 2.16. The maximum atomic E-state index is 12.1. The van der Waals surface area contributed by atoms with Gasteiger partial charge in [0.15, 0.2) is 5.75 Å². The van der Waals surface area contributed by atoms with Crippen LogP contribution in [0.3, 0.4) is 0 Å². The number of benzene rings is 1. The average molecular weight is 249 g/mol. The Kier molecular flexibility index (Phi) is 3.78. The molecule has 0 atom stereocenters. The summed E-state index contributed by atoms with van der Waals surface area (Å²) in [5, 5.41) is 10.5. The molecule has 6 nitrogen and oxygen atoms in total. The highest BCUT2D eigenvalue weighted by Crippen LogP contribution is 2.25. The van der Waals surface area contributed by atoms with Gasteiger partial charge in [0.05, 0.1) is 4.92 Å². The Morgan fingerprint density at radius 2 is 2.00 bits per heavy atom.